The number of rotatable bonds is 2. The minimum absolute atomic E-state index is 0.0134. The number of benzene rings is 1. The van der Waals surface area contributed by atoms with Crippen LogP contribution >= 0.6 is 0 Å². The van der Waals surface area contributed by atoms with Crippen molar-refractivity contribution in [3.8, 4) is 0 Å². The zero-order valence-corrected chi connectivity index (χ0v) is 9.48. The van der Waals surface area contributed by atoms with E-state index in [1.807, 2.05) is 0 Å². The van der Waals surface area contributed by atoms with Gasteiger partial charge in [0.05, 0.1) is 6.10 Å². The van der Waals surface area contributed by atoms with Crippen LogP contribution in [-0.2, 0) is 17.6 Å². The van der Waals surface area contributed by atoms with Crippen molar-refractivity contribution in [2.75, 3.05) is 6.61 Å². The van der Waals surface area contributed by atoms with E-state index in [1.165, 1.54) is 30.4 Å². The summed E-state index contributed by atoms with van der Waals surface area (Å²) in [6.45, 7) is 0.798. The lowest BCUT2D eigenvalue weighted by Crippen LogP contribution is -2.17. The molecule has 0 radical (unpaired) electrons. The van der Waals surface area contributed by atoms with Gasteiger partial charge in [0.1, 0.15) is 6.10 Å². The fourth-order valence-electron chi connectivity index (χ4n) is 2.84. The van der Waals surface area contributed by atoms with Gasteiger partial charge in [-0.1, -0.05) is 18.2 Å². The number of fused-ring (bicyclic) bond motifs is 1. The van der Waals surface area contributed by atoms with Crippen LogP contribution in [0.3, 0.4) is 0 Å². The highest BCUT2D eigenvalue weighted by molar-refractivity contribution is 5.36. The van der Waals surface area contributed by atoms with Gasteiger partial charge in [0.25, 0.3) is 0 Å². The molecule has 1 aliphatic heterocycles. The zero-order chi connectivity index (χ0) is 11.0. The van der Waals surface area contributed by atoms with E-state index in [2.05, 4.69) is 18.2 Å². The van der Waals surface area contributed by atoms with Crippen LogP contribution in [0.15, 0.2) is 18.2 Å². The van der Waals surface area contributed by atoms with Crippen LogP contribution in [-0.4, -0.2) is 17.8 Å². The molecule has 86 valence electrons. The maximum absolute atomic E-state index is 10.2. The third-order valence-corrected chi connectivity index (χ3v) is 3.78. The molecule has 2 heteroatoms. The van der Waals surface area contributed by atoms with Gasteiger partial charge >= 0.3 is 0 Å². The molecule has 1 aliphatic carbocycles. The average molecular weight is 218 g/mol. The van der Waals surface area contributed by atoms with Crippen molar-refractivity contribution >= 4 is 0 Å². The van der Waals surface area contributed by atoms with Gasteiger partial charge in [-0.05, 0) is 48.8 Å². The molecule has 0 aromatic heterocycles. The molecule has 2 atom stereocenters. The fourth-order valence-corrected chi connectivity index (χ4v) is 2.84. The Kier molecular flexibility index (Phi) is 2.70. The summed E-state index contributed by atoms with van der Waals surface area (Å²) in [4.78, 5) is 0. The molecule has 1 fully saturated rings. The molecule has 2 aliphatic rings. The van der Waals surface area contributed by atoms with E-state index in [9.17, 15) is 5.11 Å². The maximum Gasteiger partial charge on any atom is 0.105 e. The molecule has 1 aromatic rings. The second kappa shape index (κ2) is 4.19. The zero-order valence-electron chi connectivity index (χ0n) is 9.48. The molecule has 0 spiro atoms. The van der Waals surface area contributed by atoms with Crippen LogP contribution < -0.4 is 0 Å². The number of hydrogen-bond donors (Lipinski definition) is 1. The molecule has 0 amide bonds. The molecule has 2 nitrogen and oxygen atoms in total. The van der Waals surface area contributed by atoms with Gasteiger partial charge < -0.3 is 9.84 Å². The number of hydrogen-bond acceptors (Lipinski definition) is 2. The summed E-state index contributed by atoms with van der Waals surface area (Å²) in [6.07, 6.45) is 5.26. The molecular weight excluding hydrogens is 200 g/mol. The second-order valence-electron chi connectivity index (χ2n) is 4.88. The summed E-state index contributed by atoms with van der Waals surface area (Å²) < 4.78 is 5.54. The summed E-state index contributed by atoms with van der Waals surface area (Å²) >= 11 is 0. The molecule has 1 heterocycles. The molecule has 16 heavy (non-hydrogen) atoms. The van der Waals surface area contributed by atoms with Crippen molar-refractivity contribution < 1.29 is 9.84 Å². The lowest BCUT2D eigenvalue weighted by molar-refractivity contribution is -0.00261. The Morgan fingerprint density at radius 1 is 1.19 bits per heavy atom. The van der Waals surface area contributed by atoms with Gasteiger partial charge in [0.15, 0.2) is 0 Å². The van der Waals surface area contributed by atoms with Gasteiger partial charge in [-0.3, -0.25) is 0 Å². The van der Waals surface area contributed by atoms with E-state index < -0.39 is 6.10 Å². The first-order chi connectivity index (χ1) is 7.84. The Hall–Kier alpha value is -0.860. The predicted octanol–water partition coefficient (Wildman–Crippen LogP) is 2.39. The Balaban J connectivity index is 1.83. The molecule has 2 unspecified atom stereocenters. The first-order valence-electron chi connectivity index (χ1n) is 6.26. The second-order valence-corrected chi connectivity index (χ2v) is 4.88. The maximum atomic E-state index is 10.2. The summed E-state index contributed by atoms with van der Waals surface area (Å²) in [5.41, 5.74) is 3.92. The van der Waals surface area contributed by atoms with E-state index in [0.717, 1.165) is 25.0 Å². The molecule has 1 aromatic carbocycles. The van der Waals surface area contributed by atoms with Crippen LogP contribution in [0.1, 0.15) is 42.1 Å². The minimum Gasteiger partial charge on any atom is -0.386 e. The third-order valence-electron chi connectivity index (χ3n) is 3.78. The van der Waals surface area contributed by atoms with Crippen molar-refractivity contribution in [2.45, 2.75) is 44.3 Å². The van der Waals surface area contributed by atoms with Gasteiger partial charge in [-0.15, -0.1) is 0 Å². The van der Waals surface area contributed by atoms with Crippen molar-refractivity contribution in [3.63, 3.8) is 0 Å². The van der Waals surface area contributed by atoms with Crippen LogP contribution in [0.5, 0.6) is 0 Å². The van der Waals surface area contributed by atoms with Gasteiger partial charge in [0, 0.05) is 6.61 Å². The number of aliphatic hydroxyl groups is 1. The highest BCUT2D eigenvalue weighted by Crippen LogP contribution is 2.30. The van der Waals surface area contributed by atoms with Crippen molar-refractivity contribution in [1.29, 1.82) is 0 Å². The predicted molar refractivity (Wildman–Crippen MR) is 62.4 cm³/mol. The standard InChI is InChI=1S/C14H18O2/c15-14(13-5-2-8-16-13)12-7-6-10-3-1-4-11(10)9-12/h6-7,9,13-15H,1-5,8H2. The monoisotopic (exact) mass is 218 g/mol. The van der Waals surface area contributed by atoms with E-state index in [4.69, 9.17) is 4.74 Å². The Labute approximate surface area is 96.2 Å². The first kappa shape index (κ1) is 10.3. The highest BCUT2D eigenvalue weighted by Gasteiger charge is 2.26. The number of ether oxygens (including phenoxy) is 1. The lowest BCUT2D eigenvalue weighted by Gasteiger charge is -2.18. The summed E-state index contributed by atoms with van der Waals surface area (Å²) in [5, 5.41) is 10.2. The lowest BCUT2D eigenvalue weighted by atomic mass is 9.98. The van der Waals surface area contributed by atoms with E-state index in [0.29, 0.717) is 0 Å². The number of aryl methyl sites for hydroxylation is 2. The third kappa shape index (κ3) is 1.76. The fraction of sp³-hybridized carbons (Fsp3) is 0.571. The molecule has 0 bridgehead atoms. The molecule has 1 saturated heterocycles. The quantitative estimate of drug-likeness (QED) is 0.826. The van der Waals surface area contributed by atoms with E-state index in [1.54, 1.807) is 0 Å². The van der Waals surface area contributed by atoms with Crippen molar-refractivity contribution in [2.24, 2.45) is 0 Å². The highest BCUT2D eigenvalue weighted by atomic mass is 16.5. The first-order valence-corrected chi connectivity index (χ1v) is 6.26. The molecular formula is C14H18O2. The van der Waals surface area contributed by atoms with Crippen LogP contribution in [0.4, 0.5) is 0 Å². The molecule has 3 rings (SSSR count). The topological polar surface area (TPSA) is 29.5 Å². The summed E-state index contributed by atoms with van der Waals surface area (Å²) in [7, 11) is 0. The van der Waals surface area contributed by atoms with Crippen molar-refractivity contribution in [3.05, 3.63) is 34.9 Å². The van der Waals surface area contributed by atoms with E-state index >= 15 is 0 Å². The average Bonchev–Trinajstić information content (AvgIpc) is 2.98. The number of aliphatic hydroxyl groups excluding tert-OH is 1. The SMILES string of the molecule is OC(c1ccc2c(c1)CCC2)C1CCCO1. The Morgan fingerprint density at radius 3 is 2.88 bits per heavy atom. The molecule has 0 saturated carbocycles. The normalized spacial score (nSPS) is 25.7. The summed E-state index contributed by atoms with van der Waals surface area (Å²) in [5.74, 6) is 0. The van der Waals surface area contributed by atoms with Crippen LogP contribution in [0.2, 0.25) is 0 Å². The Bertz CT molecular complexity index is 380. The smallest absolute Gasteiger partial charge is 0.105 e. The van der Waals surface area contributed by atoms with Gasteiger partial charge in [-0.2, -0.15) is 0 Å². The molecule has 1 N–H and O–H groups in total. The van der Waals surface area contributed by atoms with Crippen LogP contribution in [0, 0.1) is 0 Å². The van der Waals surface area contributed by atoms with Gasteiger partial charge in [0.2, 0.25) is 0 Å². The van der Waals surface area contributed by atoms with Crippen molar-refractivity contribution in [1.82, 2.24) is 0 Å². The van der Waals surface area contributed by atoms with Crippen LogP contribution in [0.25, 0.3) is 0 Å². The largest absolute Gasteiger partial charge is 0.386 e. The minimum atomic E-state index is -0.437. The Morgan fingerprint density at radius 2 is 2.06 bits per heavy atom. The van der Waals surface area contributed by atoms with E-state index in [-0.39, 0.29) is 6.10 Å². The van der Waals surface area contributed by atoms with Gasteiger partial charge in [-0.25, -0.2) is 0 Å². The summed E-state index contributed by atoms with van der Waals surface area (Å²) in [6, 6.07) is 6.42.